The fraction of sp³-hybridized carbons (Fsp3) is 0.522. The molecule has 5 rings (SSSR count). The number of nitrogens with one attached hydrogen (secondary N) is 1. The maximum atomic E-state index is 14.0. The van der Waals surface area contributed by atoms with Crippen molar-refractivity contribution in [1.82, 2.24) is 10.2 Å². The highest BCUT2D eigenvalue weighted by Gasteiger charge is 2.37. The van der Waals surface area contributed by atoms with E-state index in [-0.39, 0.29) is 18.6 Å². The molecule has 1 N–H and O–H groups in total. The number of benzene rings is 1. The van der Waals surface area contributed by atoms with Gasteiger partial charge in [0, 0.05) is 25.6 Å². The lowest BCUT2D eigenvalue weighted by atomic mass is 9.91. The zero-order chi connectivity index (χ0) is 23.0. The number of aliphatic imine (C=N–C) groups is 1. The maximum absolute atomic E-state index is 14.0. The first kappa shape index (κ1) is 22.5. The summed E-state index contributed by atoms with van der Waals surface area (Å²) < 4.78 is 52.7. The monoisotopic (exact) mass is 478 g/mol. The van der Waals surface area contributed by atoms with Crippen molar-refractivity contribution in [1.29, 1.82) is 0 Å². The smallest absolute Gasteiger partial charge is 0.360 e. The molecule has 2 heterocycles. The van der Waals surface area contributed by atoms with Gasteiger partial charge in [0.05, 0.1) is 24.5 Å². The van der Waals surface area contributed by atoms with Crippen LogP contribution in [0.2, 0.25) is 0 Å². The third kappa shape index (κ3) is 4.97. The molecule has 0 radical (unpaired) electrons. The highest BCUT2D eigenvalue weighted by molar-refractivity contribution is 7.16. The number of hydrogen-bond donors (Lipinski definition) is 1. The number of ether oxygens (including phenoxy) is 2. The quantitative estimate of drug-likeness (QED) is 0.629. The van der Waals surface area contributed by atoms with Crippen LogP contribution in [0.5, 0.6) is 0 Å². The van der Waals surface area contributed by atoms with Crippen molar-refractivity contribution < 1.29 is 22.6 Å². The van der Waals surface area contributed by atoms with E-state index in [0.717, 1.165) is 24.0 Å². The number of aromatic nitrogens is 2. The van der Waals surface area contributed by atoms with E-state index in [1.807, 2.05) is 12.1 Å². The van der Waals surface area contributed by atoms with Gasteiger partial charge < -0.3 is 14.8 Å². The van der Waals surface area contributed by atoms with Crippen molar-refractivity contribution in [2.24, 2.45) is 4.99 Å². The average Bonchev–Trinajstić information content (AvgIpc) is 3.37. The molecule has 6 nitrogen and oxygen atoms in total. The van der Waals surface area contributed by atoms with Gasteiger partial charge in [-0.3, -0.25) is 4.99 Å². The Labute approximate surface area is 193 Å². The number of nitrogens with zero attached hydrogens (tertiary/aromatic N) is 3. The van der Waals surface area contributed by atoms with E-state index < -0.39 is 11.7 Å². The zero-order valence-electron chi connectivity index (χ0n) is 18.2. The highest BCUT2D eigenvalue weighted by atomic mass is 32.1. The van der Waals surface area contributed by atoms with Crippen LogP contribution in [0.4, 0.5) is 18.3 Å². The number of alkyl halides is 3. The fourth-order valence-electron chi connectivity index (χ4n) is 4.32. The minimum atomic E-state index is -4.40. The molecule has 1 aliphatic heterocycles. The van der Waals surface area contributed by atoms with Crippen LogP contribution in [-0.2, 0) is 22.1 Å². The van der Waals surface area contributed by atoms with Gasteiger partial charge in [0.25, 0.3) is 0 Å². The van der Waals surface area contributed by atoms with Gasteiger partial charge in [0.15, 0.2) is 6.29 Å². The Morgan fingerprint density at radius 1 is 1.15 bits per heavy atom. The van der Waals surface area contributed by atoms with Crippen molar-refractivity contribution in [2.75, 3.05) is 32.1 Å². The summed E-state index contributed by atoms with van der Waals surface area (Å²) in [5.41, 5.74) is 2.54. The van der Waals surface area contributed by atoms with Gasteiger partial charge in [-0.05, 0) is 66.5 Å². The lowest BCUT2D eigenvalue weighted by Gasteiger charge is -2.18. The average molecular weight is 479 g/mol. The number of fused-ring (bicyclic) bond motifs is 1. The predicted molar refractivity (Wildman–Crippen MR) is 121 cm³/mol. The lowest BCUT2D eigenvalue weighted by Crippen LogP contribution is -2.14. The summed E-state index contributed by atoms with van der Waals surface area (Å²) >= 11 is 1.39. The molecule has 0 unspecified atom stereocenters. The molecule has 0 atom stereocenters. The Morgan fingerprint density at radius 3 is 2.64 bits per heavy atom. The van der Waals surface area contributed by atoms with Crippen molar-refractivity contribution in [3.05, 3.63) is 45.5 Å². The van der Waals surface area contributed by atoms with E-state index in [0.29, 0.717) is 59.6 Å². The van der Waals surface area contributed by atoms with Crippen molar-refractivity contribution in [2.45, 2.75) is 50.5 Å². The molecule has 0 spiro atoms. The fourth-order valence-corrected chi connectivity index (χ4v) is 5.13. The Morgan fingerprint density at radius 2 is 1.94 bits per heavy atom. The van der Waals surface area contributed by atoms with Gasteiger partial charge in [-0.1, -0.05) is 11.3 Å². The molecule has 1 aromatic heterocycles. The minimum absolute atomic E-state index is 0.195. The first-order valence-corrected chi connectivity index (χ1v) is 12.0. The molecule has 176 valence electrons. The van der Waals surface area contributed by atoms with Gasteiger partial charge in [-0.15, -0.1) is 10.2 Å². The molecule has 1 saturated heterocycles. The molecule has 2 fully saturated rings. The van der Waals surface area contributed by atoms with Gasteiger partial charge in [-0.25, -0.2) is 0 Å². The number of allylic oxidation sites excluding steroid dienone is 2. The minimum Gasteiger partial charge on any atom is -0.360 e. The topological polar surface area (TPSA) is 68.6 Å². The SMILES string of the molecule is CN=C1C=C(c2nnc(NCCC3OCCO3)s2)CCc2c1cc(C1CC1)cc2C(F)(F)F. The summed E-state index contributed by atoms with van der Waals surface area (Å²) in [6, 6.07) is 3.25. The standard InChI is InChI=1S/C23H25F3N4O2S/c1-27-19-12-14(21-29-30-22(33-21)28-7-6-20-31-8-9-32-20)4-5-16-17(19)10-15(13-2-3-13)11-18(16)23(24,25)26/h10-13,20H,2-9H2,1H3,(H,28,30). The van der Waals surface area contributed by atoms with E-state index in [4.69, 9.17) is 9.47 Å². The Bertz CT molecular complexity index is 1090. The van der Waals surface area contributed by atoms with Crippen LogP contribution in [0.3, 0.4) is 0 Å². The summed E-state index contributed by atoms with van der Waals surface area (Å²) in [7, 11) is 1.62. The number of hydrogen-bond acceptors (Lipinski definition) is 7. The van der Waals surface area contributed by atoms with E-state index >= 15 is 0 Å². The van der Waals surface area contributed by atoms with E-state index in [9.17, 15) is 13.2 Å². The molecular weight excluding hydrogens is 453 g/mol. The molecule has 2 aliphatic carbocycles. The second kappa shape index (κ2) is 9.15. The van der Waals surface area contributed by atoms with Gasteiger partial charge >= 0.3 is 6.18 Å². The van der Waals surface area contributed by atoms with Crippen LogP contribution in [0.1, 0.15) is 58.9 Å². The Balaban J connectivity index is 1.38. The van der Waals surface area contributed by atoms with E-state index in [1.165, 1.54) is 17.4 Å². The third-order valence-electron chi connectivity index (χ3n) is 6.15. The van der Waals surface area contributed by atoms with Crippen LogP contribution in [-0.4, -0.2) is 49.0 Å². The highest BCUT2D eigenvalue weighted by Crippen LogP contribution is 2.45. The molecule has 33 heavy (non-hydrogen) atoms. The van der Waals surface area contributed by atoms with Gasteiger partial charge in [-0.2, -0.15) is 13.2 Å². The maximum Gasteiger partial charge on any atom is 0.416 e. The van der Waals surface area contributed by atoms with Crippen molar-refractivity contribution in [3.63, 3.8) is 0 Å². The molecule has 1 saturated carbocycles. The van der Waals surface area contributed by atoms with Crippen LogP contribution in [0, 0.1) is 0 Å². The third-order valence-corrected chi connectivity index (χ3v) is 7.10. The number of rotatable bonds is 6. The second-order valence-corrected chi connectivity index (χ2v) is 9.42. The van der Waals surface area contributed by atoms with Gasteiger partial charge in [0.2, 0.25) is 5.13 Å². The van der Waals surface area contributed by atoms with Crippen LogP contribution in [0.15, 0.2) is 23.2 Å². The summed E-state index contributed by atoms with van der Waals surface area (Å²) in [4.78, 5) is 4.36. The molecule has 1 aromatic carbocycles. The summed E-state index contributed by atoms with van der Waals surface area (Å²) in [5, 5.41) is 13.1. The Kier molecular flexibility index (Phi) is 6.24. The predicted octanol–water partition coefficient (Wildman–Crippen LogP) is 5.06. The van der Waals surface area contributed by atoms with Crippen LogP contribution < -0.4 is 5.32 Å². The largest absolute Gasteiger partial charge is 0.416 e. The van der Waals surface area contributed by atoms with E-state index in [2.05, 4.69) is 20.5 Å². The first-order chi connectivity index (χ1) is 15.9. The molecule has 0 amide bonds. The molecular formula is C23H25F3N4O2S. The van der Waals surface area contributed by atoms with Crippen LogP contribution in [0.25, 0.3) is 5.57 Å². The van der Waals surface area contributed by atoms with E-state index in [1.54, 1.807) is 7.05 Å². The number of halogens is 3. The first-order valence-electron chi connectivity index (χ1n) is 11.1. The molecule has 2 aromatic rings. The Hall–Kier alpha value is -2.30. The molecule has 10 heteroatoms. The lowest BCUT2D eigenvalue weighted by molar-refractivity contribution is -0.138. The second-order valence-electron chi connectivity index (χ2n) is 8.44. The van der Waals surface area contributed by atoms with Crippen LogP contribution >= 0.6 is 11.3 Å². The summed E-state index contributed by atoms with van der Waals surface area (Å²) in [6.45, 7) is 1.86. The summed E-state index contributed by atoms with van der Waals surface area (Å²) in [6.07, 6.45) is 0.570. The van der Waals surface area contributed by atoms with Crippen molar-refractivity contribution >= 4 is 27.8 Å². The molecule has 0 bridgehead atoms. The summed E-state index contributed by atoms with van der Waals surface area (Å²) in [5.74, 6) is 0.220. The van der Waals surface area contributed by atoms with Gasteiger partial charge in [0.1, 0.15) is 5.01 Å². The number of anilines is 1. The molecule has 3 aliphatic rings. The zero-order valence-corrected chi connectivity index (χ0v) is 19.1. The normalized spacial score (nSPS) is 20.6. The van der Waals surface area contributed by atoms with Crippen molar-refractivity contribution in [3.8, 4) is 0 Å².